The second kappa shape index (κ2) is 4.40. The molecule has 1 aromatic carbocycles. The van der Waals surface area contributed by atoms with Crippen molar-refractivity contribution in [3.05, 3.63) is 35.4 Å². The predicted molar refractivity (Wildman–Crippen MR) is 66.6 cm³/mol. The maximum Gasteiger partial charge on any atom is 0.254 e. The quantitative estimate of drug-likeness (QED) is 0.690. The van der Waals surface area contributed by atoms with E-state index in [0.29, 0.717) is 12.8 Å². The lowest BCUT2D eigenvalue weighted by Gasteiger charge is -2.42. The number of hydrogen-bond donors (Lipinski definition) is 0. The van der Waals surface area contributed by atoms with Crippen molar-refractivity contribution in [2.24, 2.45) is 0 Å². The molecule has 1 saturated carbocycles. The third-order valence-corrected chi connectivity index (χ3v) is 4.12. The number of benzene rings is 1. The highest BCUT2D eigenvalue weighted by molar-refractivity contribution is 5.32. The van der Waals surface area contributed by atoms with Gasteiger partial charge in [-0.25, -0.2) is 8.78 Å². The van der Waals surface area contributed by atoms with E-state index in [1.807, 2.05) is 31.2 Å². The first kappa shape index (κ1) is 12.5. The van der Waals surface area contributed by atoms with Gasteiger partial charge in [0.05, 0.1) is 5.41 Å². The van der Waals surface area contributed by atoms with Gasteiger partial charge >= 0.3 is 0 Å². The monoisotopic (exact) mass is 238 g/mol. The van der Waals surface area contributed by atoms with Crippen LogP contribution in [0.2, 0.25) is 0 Å². The number of aryl methyl sites for hydroxylation is 1. The smallest absolute Gasteiger partial charge is 0.206 e. The zero-order chi connectivity index (χ0) is 12.5. The number of halogens is 2. The van der Waals surface area contributed by atoms with Crippen molar-refractivity contribution in [2.45, 2.75) is 57.3 Å². The highest BCUT2D eigenvalue weighted by Crippen LogP contribution is 2.49. The minimum absolute atomic E-state index is 0.611. The van der Waals surface area contributed by atoms with Crippen LogP contribution in [0.4, 0.5) is 8.78 Å². The third-order valence-electron chi connectivity index (χ3n) is 4.12. The van der Waals surface area contributed by atoms with Crippen molar-refractivity contribution in [1.82, 2.24) is 0 Å². The Kier molecular flexibility index (Phi) is 3.24. The van der Waals surface area contributed by atoms with Crippen LogP contribution in [-0.4, -0.2) is 5.92 Å². The fourth-order valence-electron chi connectivity index (χ4n) is 3.08. The molecule has 1 aromatic rings. The summed E-state index contributed by atoms with van der Waals surface area (Å²) in [6.45, 7) is 3.05. The molecule has 0 amide bonds. The summed E-state index contributed by atoms with van der Waals surface area (Å²) in [4.78, 5) is 0. The molecular weight excluding hydrogens is 218 g/mol. The molecule has 0 radical (unpaired) electrons. The Morgan fingerprint density at radius 1 is 1.12 bits per heavy atom. The maximum absolute atomic E-state index is 14.1. The lowest BCUT2D eigenvalue weighted by Crippen LogP contribution is -2.44. The summed E-state index contributed by atoms with van der Waals surface area (Å²) in [5.74, 6) is -2.64. The van der Waals surface area contributed by atoms with Gasteiger partial charge in [0.25, 0.3) is 5.92 Å². The summed E-state index contributed by atoms with van der Waals surface area (Å²) in [7, 11) is 0. The van der Waals surface area contributed by atoms with Gasteiger partial charge in [-0.05, 0) is 25.3 Å². The molecule has 0 N–H and O–H groups in total. The normalized spacial score (nSPS) is 20.2. The van der Waals surface area contributed by atoms with Gasteiger partial charge in [0.2, 0.25) is 0 Å². The minimum atomic E-state index is -2.64. The van der Waals surface area contributed by atoms with E-state index < -0.39 is 11.3 Å². The van der Waals surface area contributed by atoms with Crippen molar-refractivity contribution in [3.8, 4) is 0 Å². The standard InChI is InChI=1S/C15H20F2/c1-12-7-6-8-13(11-12)15(14(2,16)17)9-4-3-5-10-15/h6-8,11H,3-5,9-10H2,1-2H3. The second-order valence-electron chi connectivity index (χ2n) is 5.40. The topological polar surface area (TPSA) is 0 Å². The van der Waals surface area contributed by atoms with Gasteiger partial charge in [-0.15, -0.1) is 0 Å². The van der Waals surface area contributed by atoms with Crippen molar-refractivity contribution in [2.75, 3.05) is 0 Å². The number of rotatable bonds is 2. The Bertz CT molecular complexity index is 384. The average Bonchev–Trinajstić information content (AvgIpc) is 2.28. The summed E-state index contributed by atoms with van der Waals surface area (Å²) in [6, 6.07) is 7.67. The zero-order valence-corrected chi connectivity index (χ0v) is 10.6. The summed E-state index contributed by atoms with van der Waals surface area (Å²) in [5, 5.41) is 0. The Morgan fingerprint density at radius 3 is 2.29 bits per heavy atom. The molecule has 1 fully saturated rings. The first-order valence-corrected chi connectivity index (χ1v) is 6.41. The molecule has 0 atom stereocenters. The lowest BCUT2D eigenvalue weighted by molar-refractivity contribution is -0.0777. The van der Waals surface area contributed by atoms with E-state index in [0.717, 1.165) is 37.3 Å². The van der Waals surface area contributed by atoms with E-state index in [1.165, 1.54) is 0 Å². The molecule has 0 nitrogen and oxygen atoms in total. The molecule has 0 spiro atoms. The third kappa shape index (κ3) is 2.22. The van der Waals surface area contributed by atoms with Gasteiger partial charge < -0.3 is 0 Å². The average molecular weight is 238 g/mol. The zero-order valence-electron chi connectivity index (χ0n) is 10.6. The Labute approximate surface area is 102 Å². The molecule has 1 aliphatic rings. The SMILES string of the molecule is Cc1cccc(C2(C(C)(F)F)CCCCC2)c1. The van der Waals surface area contributed by atoms with Crippen LogP contribution in [0.5, 0.6) is 0 Å². The summed E-state index contributed by atoms with van der Waals surface area (Å²) in [5.41, 5.74) is 0.957. The molecule has 2 rings (SSSR count). The maximum atomic E-state index is 14.1. The molecule has 0 heterocycles. The first-order valence-electron chi connectivity index (χ1n) is 6.41. The molecular formula is C15H20F2. The highest BCUT2D eigenvalue weighted by Gasteiger charge is 2.51. The fourth-order valence-corrected chi connectivity index (χ4v) is 3.08. The summed E-state index contributed by atoms with van der Waals surface area (Å²) >= 11 is 0. The molecule has 94 valence electrons. The van der Waals surface area contributed by atoms with Crippen molar-refractivity contribution in [3.63, 3.8) is 0 Å². The van der Waals surface area contributed by atoms with E-state index >= 15 is 0 Å². The number of hydrogen-bond acceptors (Lipinski definition) is 0. The molecule has 0 aromatic heterocycles. The van der Waals surface area contributed by atoms with Gasteiger partial charge in [-0.2, -0.15) is 0 Å². The summed E-state index contributed by atoms with van der Waals surface area (Å²) < 4.78 is 28.2. The van der Waals surface area contributed by atoms with Crippen LogP contribution in [0.3, 0.4) is 0 Å². The molecule has 2 heteroatoms. The minimum Gasteiger partial charge on any atom is -0.206 e. The van der Waals surface area contributed by atoms with Crippen molar-refractivity contribution >= 4 is 0 Å². The predicted octanol–water partition coefficient (Wildman–Crippen LogP) is 4.85. The van der Waals surface area contributed by atoms with Crippen LogP contribution in [0.15, 0.2) is 24.3 Å². The van der Waals surface area contributed by atoms with E-state index in [1.54, 1.807) is 0 Å². The van der Waals surface area contributed by atoms with E-state index in [2.05, 4.69) is 0 Å². The van der Waals surface area contributed by atoms with Gasteiger partial charge in [-0.3, -0.25) is 0 Å². The number of alkyl halides is 2. The first-order chi connectivity index (χ1) is 7.96. The Balaban J connectivity index is 2.46. The molecule has 17 heavy (non-hydrogen) atoms. The van der Waals surface area contributed by atoms with Crippen LogP contribution in [0.25, 0.3) is 0 Å². The van der Waals surface area contributed by atoms with E-state index in [9.17, 15) is 8.78 Å². The van der Waals surface area contributed by atoms with Crippen molar-refractivity contribution < 1.29 is 8.78 Å². The summed E-state index contributed by atoms with van der Waals surface area (Å²) in [6.07, 6.45) is 4.14. The lowest BCUT2D eigenvalue weighted by atomic mass is 9.65. The van der Waals surface area contributed by atoms with E-state index in [4.69, 9.17) is 0 Å². The molecule has 0 unspecified atom stereocenters. The van der Waals surface area contributed by atoms with Crippen LogP contribution >= 0.6 is 0 Å². The molecule has 0 aliphatic heterocycles. The van der Waals surface area contributed by atoms with E-state index in [-0.39, 0.29) is 0 Å². The fraction of sp³-hybridized carbons (Fsp3) is 0.600. The van der Waals surface area contributed by atoms with Crippen molar-refractivity contribution in [1.29, 1.82) is 0 Å². The molecule has 0 bridgehead atoms. The Morgan fingerprint density at radius 2 is 1.76 bits per heavy atom. The van der Waals surface area contributed by atoms with Gasteiger partial charge in [-0.1, -0.05) is 49.1 Å². The van der Waals surface area contributed by atoms with Crippen LogP contribution in [-0.2, 0) is 5.41 Å². The second-order valence-corrected chi connectivity index (χ2v) is 5.40. The molecule has 0 saturated heterocycles. The van der Waals surface area contributed by atoms with Gasteiger partial charge in [0.15, 0.2) is 0 Å². The van der Waals surface area contributed by atoms with Crippen LogP contribution in [0, 0.1) is 6.92 Å². The molecule has 1 aliphatic carbocycles. The largest absolute Gasteiger partial charge is 0.254 e. The van der Waals surface area contributed by atoms with Crippen LogP contribution < -0.4 is 0 Å². The Hall–Kier alpha value is -0.920. The van der Waals surface area contributed by atoms with Gasteiger partial charge in [0, 0.05) is 6.92 Å². The van der Waals surface area contributed by atoms with Crippen LogP contribution in [0.1, 0.15) is 50.2 Å². The highest BCUT2D eigenvalue weighted by atomic mass is 19.3. The van der Waals surface area contributed by atoms with Gasteiger partial charge in [0.1, 0.15) is 0 Å².